The van der Waals surface area contributed by atoms with Crippen LogP contribution in [0.1, 0.15) is 23.7 Å². The largest absolute Gasteiger partial charge is 0.478 e. The van der Waals surface area contributed by atoms with Gasteiger partial charge in [-0.05, 0) is 13.0 Å². The van der Waals surface area contributed by atoms with E-state index in [1.807, 2.05) is 29.7 Å². The standard InChI is InChI=1S/C14H16N2O3/c1-2-15-13(17)7-8-16-9-11(14(18)19)10-5-3-4-6-12(10)16/h3-6,9H,2,7-8H2,1H3,(H,15,17)(H,18,19). The van der Waals surface area contributed by atoms with Crippen molar-refractivity contribution in [3.63, 3.8) is 0 Å². The molecule has 1 heterocycles. The molecule has 0 aliphatic rings. The van der Waals surface area contributed by atoms with E-state index in [-0.39, 0.29) is 11.5 Å². The monoisotopic (exact) mass is 260 g/mol. The Balaban J connectivity index is 2.28. The molecule has 0 aliphatic heterocycles. The van der Waals surface area contributed by atoms with E-state index in [4.69, 9.17) is 5.11 Å². The Morgan fingerprint density at radius 1 is 1.32 bits per heavy atom. The van der Waals surface area contributed by atoms with Crippen LogP contribution in [0.4, 0.5) is 0 Å². The average molecular weight is 260 g/mol. The lowest BCUT2D eigenvalue weighted by Gasteiger charge is -2.05. The number of carboxylic acids is 1. The van der Waals surface area contributed by atoms with Crippen molar-refractivity contribution in [3.05, 3.63) is 36.0 Å². The number of fused-ring (bicyclic) bond motifs is 1. The second kappa shape index (κ2) is 5.56. The molecule has 0 aliphatic carbocycles. The predicted molar refractivity (Wildman–Crippen MR) is 72.2 cm³/mol. The van der Waals surface area contributed by atoms with E-state index in [0.29, 0.717) is 24.9 Å². The maximum atomic E-state index is 11.5. The van der Waals surface area contributed by atoms with Gasteiger partial charge in [0.15, 0.2) is 0 Å². The van der Waals surface area contributed by atoms with Crippen molar-refractivity contribution in [2.45, 2.75) is 19.9 Å². The number of hydrogen-bond donors (Lipinski definition) is 2. The van der Waals surface area contributed by atoms with Crippen LogP contribution in [0, 0.1) is 0 Å². The van der Waals surface area contributed by atoms with Crippen LogP contribution in [0.15, 0.2) is 30.5 Å². The van der Waals surface area contributed by atoms with Crippen molar-refractivity contribution < 1.29 is 14.7 Å². The Hall–Kier alpha value is -2.30. The van der Waals surface area contributed by atoms with Crippen molar-refractivity contribution in [1.82, 2.24) is 9.88 Å². The molecular weight excluding hydrogens is 244 g/mol. The van der Waals surface area contributed by atoms with Crippen LogP contribution in [0.3, 0.4) is 0 Å². The minimum Gasteiger partial charge on any atom is -0.478 e. The number of aryl methyl sites for hydroxylation is 1. The summed E-state index contributed by atoms with van der Waals surface area (Å²) in [5.41, 5.74) is 1.11. The zero-order valence-corrected chi connectivity index (χ0v) is 10.7. The van der Waals surface area contributed by atoms with Gasteiger partial charge >= 0.3 is 5.97 Å². The fourth-order valence-corrected chi connectivity index (χ4v) is 2.11. The number of amides is 1. The lowest BCUT2D eigenvalue weighted by molar-refractivity contribution is -0.121. The molecule has 0 fully saturated rings. The summed E-state index contributed by atoms with van der Waals surface area (Å²) >= 11 is 0. The highest BCUT2D eigenvalue weighted by molar-refractivity contribution is 6.03. The Labute approximate surface area is 110 Å². The third-order valence-corrected chi connectivity index (χ3v) is 2.97. The van der Waals surface area contributed by atoms with Crippen molar-refractivity contribution in [3.8, 4) is 0 Å². The number of nitrogens with one attached hydrogen (secondary N) is 1. The molecule has 0 unspecified atom stereocenters. The lowest BCUT2D eigenvalue weighted by Crippen LogP contribution is -2.23. The third-order valence-electron chi connectivity index (χ3n) is 2.97. The number of para-hydroxylation sites is 1. The van der Waals surface area contributed by atoms with E-state index in [1.54, 1.807) is 12.3 Å². The Morgan fingerprint density at radius 2 is 2.05 bits per heavy atom. The number of nitrogens with zero attached hydrogens (tertiary/aromatic N) is 1. The van der Waals surface area contributed by atoms with Gasteiger partial charge < -0.3 is 15.0 Å². The van der Waals surface area contributed by atoms with E-state index in [1.165, 1.54) is 0 Å². The van der Waals surface area contributed by atoms with Gasteiger partial charge in [0.2, 0.25) is 5.91 Å². The lowest BCUT2D eigenvalue weighted by atomic mass is 10.2. The van der Waals surface area contributed by atoms with Gasteiger partial charge in [-0.25, -0.2) is 4.79 Å². The first-order valence-electron chi connectivity index (χ1n) is 6.21. The zero-order valence-electron chi connectivity index (χ0n) is 10.7. The second-order valence-corrected chi connectivity index (χ2v) is 4.26. The molecular formula is C14H16N2O3. The molecule has 100 valence electrons. The van der Waals surface area contributed by atoms with Gasteiger partial charge in [0.25, 0.3) is 0 Å². The summed E-state index contributed by atoms with van der Waals surface area (Å²) in [6.07, 6.45) is 1.93. The van der Waals surface area contributed by atoms with Gasteiger partial charge in [-0.1, -0.05) is 18.2 Å². The fourth-order valence-electron chi connectivity index (χ4n) is 2.11. The SMILES string of the molecule is CCNC(=O)CCn1cc(C(=O)O)c2ccccc21. The molecule has 5 heteroatoms. The first-order chi connectivity index (χ1) is 9.13. The van der Waals surface area contributed by atoms with E-state index in [9.17, 15) is 9.59 Å². The van der Waals surface area contributed by atoms with Gasteiger partial charge in [-0.3, -0.25) is 4.79 Å². The topological polar surface area (TPSA) is 71.3 Å². The maximum Gasteiger partial charge on any atom is 0.337 e. The minimum absolute atomic E-state index is 0.0304. The van der Waals surface area contributed by atoms with E-state index in [2.05, 4.69) is 5.32 Å². The smallest absolute Gasteiger partial charge is 0.337 e. The quantitative estimate of drug-likeness (QED) is 0.862. The summed E-state index contributed by atoms with van der Waals surface area (Å²) in [5.74, 6) is -0.981. The van der Waals surface area contributed by atoms with Gasteiger partial charge in [0.05, 0.1) is 5.56 Å². The summed E-state index contributed by atoms with van der Waals surface area (Å²) < 4.78 is 1.81. The van der Waals surface area contributed by atoms with Gasteiger partial charge in [-0.2, -0.15) is 0 Å². The molecule has 1 aromatic heterocycles. The second-order valence-electron chi connectivity index (χ2n) is 4.26. The van der Waals surface area contributed by atoms with Crippen LogP contribution in [0.2, 0.25) is 0 Å². The van der Waals surface area contributed by atoms with Gasteiger partial charge in [0.1, 0.15) is 0 Å². The third kappa shape index (κ3) is 2.76. The van der Waals surface area contributed by atoms with E-state index in [0.717, 1.165) is 5.52 Å². The first-order valence-corrected chi connectivity index (χ1v) is 6.21. The fraction of sp³-hybridized carbons (Fsp3) is 0.286. The van der Waals surface area contributed by atoms with Crippen molar-refractivity contribution in [2.75, 3.05) is 6.54 Å². The number of carbonyl (C=O) groups excluding carboxylic acids is 1. The molecule has 5 nitrogen and oxygen atoms in total. The molecule has 0 saturated carbocycles. The molecule has 2 aromatic rings. The van der Waals surface area contributed by atoms with Crippen LogP contribution in [0.5, 0.6) is 0 Å². The summed E-state index contributed by atoms with van der Waals surface area (Å²) in [7, 11) is 0. The summed E-state index contributed by atoms with van der Waals surface area (Å²) in [5, 5.41) is 12.6. The molecule has 19 heavy (non-hydrogen) atoms. The van der Waals surface area contributed by atoms with Crippen LogP contribution in [-0.4, -0.2) is 28.1 Å². The number of benzene rings is 1. The zero-order chi connectivity index (χ0) is 13.8. The van der Waals surface area contributed by atoms with Crippen LogP contribution in [0.25, 0.3) is 10.9 Å². The first kappa shape index (κ1) is 13.1. The Bertz CT molecular complexity index is 616. The van der Waals surface area contributed by atoms with Gasteiger partial charge in [-0.15, -0.1) is 0 Å². The summed E-state index contributed by atoms with van der Waals surface area (Å²) in [6, 6.07) is 7.31. The normalized spacial score (nSPS) is 10.6. The summed E-state index contributed by atoms with van der Waals surface area (Å²) in [4.78, 5) is 22.6. The van der Waals surface area contributed by atoms with Gasteiger partial charge in [0, 0.05) is 36.6 Å². The highest BCUT2D eigenvalue weighted by Crippen LogP contribution is 2.21. The van der Waals surface area contributed by atoms with Crippen molar-refractivity contribution in [1.29, 1.82) is 0 Å². The number of carboxylic acid groups (broad SMARTS) is 1. The molecule has 1 amide bonds. The number of aromatic nitrogens is 1. The number of rotatable bonds is 5. The predicted octanol–water partition coefficient (Wildman–Crippen LogP) is 1.87. The molecule has 0 bridgehead atoms. The van der Waals surface area contributed by atoms with E-state index >= 15 is 0 Å². The minimum atomic E-state index is -0.951. The Morgan fingerprint density at radius 3 is 2.74 bits per heavy atom. The van der Waals surface area contributed by atoms with Crippen LogP contribution < -0.4 is 5.32 Å². The Kier molecular flexibility index (Phi) is 3.85. The number of carbonyl (C=O) groups is 2. The van der Waals surface area contributed by atoms with Crippen LogP contribution >= 0.6 is 0 Å². The molecule has 1 aromatic carbocycles. The number of aromatic carboxylic acids is 1. The van der Waals surface area contributed by atoms with E-state index < -0.39 is 5.97 Å². The molecule has 2 rings (SSSR count). The molecule has 0 atom stereocenters. The van der Waals surface area contributed by atoms with Crippen molar-refractivity contribution in [2.24, 2.45) is 0 Å². The maximum absolute atomic E-state index is 11.5. The highest BCUT2D eigenvalue weighted by atomic mass is 16.4. The van der Waals surface area contributed by atoms with Crippen LogP contribution in [-0.2, 0) is 11.3 Å². The highest BCUT2D eigenvalue weighted by Gasteiger charge is 2.13. The van der Waals surface area contributed by atoms with Crippen molar-refractivity contribution >= 4 is 22.8 Å². The molecule has 2 N–H and O–H groups in total. The molecule has 0 spiro atoms. The summed E-state index contributed by atoms with van der Waals surface area (Å²) in [6.45, 7) is 2.94. The molecule has 0 saturated heterocycles. The number of hydrogen-bond acceptors (Lipinski definition) is 2. The molecule has 0 radical (unpaired) electrons. The average Bonchev–Trinajstić information content (AvgIpc) is 2.76.